The van der Waals surface area contributed by atoms with Crippen LogP contribution >= 0.6 is 11.8 Å². The topological polar surface area (TPSA) is 86.8 Å². The van der Waals surface area contributed by atoms with Crippen molar-refractivity contribution in [1.82, 2.24) is 25.0 Å². The maximum Gasteiger partial charge on any atom is 0.238 e. The predicted octanol–water partition coefficient (Wildman–Crippen LogP) is 1.10. The van der Waals surface area contributed by atoms with Gasteiger partial charge in [0.05, 0.1) is 18.5 Å². The van der Waals surface area contributed by atoms with Gasteiger partial charge in [-0.2, -0.15) is 10.4 Å². The Morgan fingerprint density at radius 1 is 1.38 bits per heavy atom. The Morgan fingerprint density at radius 3 is 2.88 bits per heavy atom. The van der Waals surface area contributed by atoms with Gasteiger partial charge in [0.15, 0.2) is 0 Å². The lowest BCUT2D eigenvalue weighted by atomic mass is 9.71. The van der Waals surface area contributed by atoms with Crippen molar-refractivity contribution in [2.24, 2.45) is 23.7 Å². The SMILES string of the molecule is N#C[C@@H]1CSCN1C(=O)CNC12CC3CC1CC(C2)C3Cn1cncn1. The molecule has 3 atom stereocenters. The molecule has 1 amide bonds. The number of carbonyl (C=O) groups excluding carboxylic acids is 1. The van der Waals surface area contributed by atoms with Gasteiger partial charge in [0.25, 0.3) is 0 Å². The lowest BCUT2D eigenvalue weighted by molar-refractivity contribution is -0.130. The molecule has 2 unspecified atom stereocenters. The molecule has 1 aromatic heterocycles. The van der Waals surface area contributed by atoms with Crippen molar-refractivity contribution in [3.63, 3.8) is 0 Å². The monoisotopic (exact) mass is 372 g/mol. The van der Waals surface area contributed by atoms with Gasteiger partial charge < -0.3 is 10.2 Å². The maximum absolute atomic E-state index is 12.6. The summed E-state index contributed by atoms with van der Waals surface area (Å²) in [6, 6.07) is 2.00. The lowest BCUT2D eigenvalue weighted by Crippen LogP contribution is -2.52. The standard InChI is InChI=1S/C18H24N6OS/c19-5-15-8-26-11-24(15)17(25)6-21-18-3-12-1-14(18)2-13(4-18)16(12)7-23-10-20-9-22-23/h9-10,12-16,21H,1-4,6-8,11H2/t12?,13?,14?,15-,16?,18?/m1/s1. The van der Waals surface area contributed by atoms with Crippen LogP contribution in [0.3, 0.4) is 0 Å². The Kier molecular flexibility index (Phi) is 3.98. The van der Waals surface area contributed by atoms with E-state index < -0.39 is 0 Å². The number of amides is 1. The molecule has 26 heavy (non-hydrogen) atoms. The van der Waals surface area contributed by atoms with Crippen molar-refractivity contribution in [1.29, 1.82) is 5.26 Å². The van der Waals surface area contributed by atoms with Crippen LogP contribution in [0.25, 0.3) is 0 Å². The van der Waals surface area contributed by atoms with Crippen molar-refractivity contribution in [2.45, 2.75) is 43.8 Å². The normalized spacial score (nSPS) is 40.3. The minimum Gasteiger partial charge on any atom is -0.315 e. The number of carbonyl (C=O) groups is 1. The molecule has 138 valence electrons. The minimum absolute atomic E-state index is 0.0845. The van der Waals surface area contributed by atoms with Gasteiger partial charge in [-0.25, -0.2) is 4.98 Å². The number of hydrogen-bond acceptors (Lipinski definition) is 6. The molecule has 0 spiro atoms. The number of thioether (sulfide) groups is 1. The first-order valence-corrected chi connectivity index (χ1v) is 10.7. The number of nitrogens with zero attached hydrogens (tertiary/aromatic N) is 5. The highest BCUT2D eigenvalue weighted by atomic mass is 32.2. The third kappa shape index (κ3) is 2.55. The average Bonchev–Trinajstić information content (AvgIpc) is 3.38. The van der Waals surface area contributed by atoms with Crippen molar-refractivity contribution in [2.75, 3.05) is 18.2 Å². The van der Waals surface area contributed by atoms with Gasteiger partial charge in [-0.15, -0.1) is 11.8 Å². The molecule has 4 aliphatic carbocycles. The lowest BCUT2D eigenvalue weighted by Gasteiger charge is -2.39. The zero-order valence-corrected chi connectivity index (χ0v) is 15.6. The van der Waals surface area contributed by atoms with Crippen molar-refractivity contribution < 1.29 is 4.79 Å². The highest BCUT2D eigenvalue weighted by Gasteiger charge is 2.61. The van der Waals surface area contributed by atoms with E-state index in [0.29, 0.717) is 24.3 Å². The number of nitriles is 1. The summed E-state index contributed by atoms with van der Waals surface area (Å²) in [7, 11) is 0. The van der Waals surface area contributed by atoms with E-state index in [1.165, 1.54) is 25.7 Å². The van der Waals surface area contributed by atoms with Crippen LogP contribution in [0.5, 0.6) is 0 Å². The summed E-state index contributed by atoms with van der Waals surface area (Å²) in [5, 5.41) is 17.2. The van der Waals surface area contributed by atoms with Crippen LogP contribution in [0.15, 0.2) is 12.7 Å². The molecule has 4 bridgehead atoms. The quantitative estimate of drug-likeness (QED) is 0.833. The van der Waals surface area contributed by atoms with Gasteiger partial charge in [-0.3, -0.25) is 9.48 Å². The molecule has 6 rings (SSSR count). The molecular weight excluding hydrogens is 348 g/mol. The number of hydrogen-bond donors (Lipinski definition) is 1. The van der Waals surface area contributed by atoms with Crippen molar-refractivity contribution in [3.05, 3.63) is 12.7 Å². The second-order valence-electron chi connectivity index (χ2n) is 8.40. The van der Waals surface area contributed by atoms with E-state index in [4.69, 9.17) is 0 Å². The third-order valence-electron chi connectivity index (χ3n) is 7.23. The summed E-state index contributed by atoms with van der Waals surface area (Å²) >= 11 is 1.67. The third-order valence-corrected chi connectivity index (χ3v) is 8.24. The molecule has 5 fully saturated rings. The molecule has 1 aromatic rings. The smallest absolute Gasteiger partial charge is 0.238 e. The van der Waals surface area contributed by atoms with Gasteiger partial charge in [0.2, 0.25) is 5.91 Å². The first-order chi connectivity index (χ1) is 12.7. The van der Waals surface area contributed by atoms with Gasteiger partial charge in [0, 0.05) is 17.8 Å². The Hall–Kier alpha value is -1.59. The Bertz CT molecular complexity index is 715. The zero-order valence-electron chi connectivity index (χ0n) is 14.8. The van der Waals surface area contributed by atoms with Crippen LogP contribution in [0.1, 0.15) is 25.7 Å². The fourth-order valence-electron chi connectivity index (χ4n) is 6.11. The minimum atomic E-state index is -0.254. The van der Waals surface area contributed by atoms with Crippen LogP contribution in [0, 0.1) is 35.0 Å². The summed E-state index contributed by atoms with van der Waals surface area (Å²) in [5.74, 6) is 4.34. The van der Waals surface area contributed by atoms with E-state index in [2.05, 4.69) is 21.5 Å². The summed E-state index contributed by atoms with van der Waals surface area (Å²) in [6.07, 6.45) is 8.34. The van der Waals surface area contributed by atoms with Crippen molar-refractivity contribution >= 4 is 17.7 Å². The molecule has 7 nitrogen and oxygen atoms in total. The molecular formula is C18H24N6OS. The zero-order chi connectivity index (χ0) is 17.7. The van der Waals surface area contributed by atoms with E-state index in [9.17, 15) is 10.1 Å². The molecule has 5 aliphatic rings. The summed E-state index contributed by atoms with van der Waals surface area (Å²) in [4.78, 5) is 18.4. The average molecular weight is 372 g/mol. The van der Waals surface area contributed by atoms with E-state index in [0.717, 1.165) is 24.1 Å². The van der Waals surface area contributed by atoms with Crippen LogP contribution < -0.4 is 5.32 Å². The van der Waals surface area contributed by atoms with Crippen LogP contribution in [0.4, 0.5) is 0 Å². The molecule has 1 N–H and O–H groups in total. The second kappa shape index (κ2) is 6.24. The summed E-state index contributed by atoms with van der Waals surface area (Å²) in [5.41, 5.74) is 0.152. The molecule has 4 saturated carbocycles. The van der Waals surface area contributed by atoms with Gasteiger partial charge in [-0.1, -0.05) is 0 Å². The van der Waals surface area contributed by atoms with E-state index >= 15 is 0 Å². The molecule has 0 aromatic carbocycles. The van der Waals surface area contributed by atoms with Crippen LogP contribution in [-0.4, -0.2) is 55.3 Å². The summed E-state index contributed by atoms with van der Waals surface area (Å²) in [6.45, 7) is 1.36. The number of rotatable bonds is 5. The predicted molar refractivity (Wildman–Crippen MR) is 96.8 cm³/mol. The highest BCUT2D eigenvalue weighted by molar-refractivity contribution is 7.99. The molecule has 2 heterocycles. The van der Waals surface area contributed by atoms with E-state index in [-0.39, 0.29) is 17.5 Å². The second-order valence-corrected chi connectivity index (χ2v) is 9.40. The number of nitrogens with one attached hydrogen (secondary N) is 1. The van der Waals surface area contributed by atoms with Crippen molar-refractivity contribution in [3.8, 4) is 6.07 Å². The molecule has 1 aliphatic heterocycles. The van der Waals surface area contributed by atoms with E-state index in [1.807, 2.05) is 11.0 Å². The largest absolute Gasteiger partial charge is 0.315 e. The first kappa shape index (κ1) is 16.6. The highest BCUT2D eigenvalue weighted by Crippen LogP contribution is 2.63. The maximum atomic E-state index is 12.6. The van der Waals surface area contributed by atoms with Crippen LogP contribution in [-0.2, 0) is 11.3 Å². The molecule has 8 heteroatoms. The summed E-state index contributed by atoms with van der Waals surface area (Å²) < 4.78 is 1.98. The fraction of sp³-hybridized carbons (Fsp3) is 0.778. The van der Waals surface area contributed by atoms with Gasteiger partial charge in [0.1, 0.15) is 18.7 Å². The molecule has 1 saturated heterocycles. The van der Waals surface area contributed by atoms with E-state index in [1.54, 1.807) is 23.0 Å². The fourth-order valence-corrected chi connectivity index (χ4v) is 7.22. The number of aromatic nitrogens is 3. The first-order valence-electron chi connectivity index (χ1n) is 9.53. The van der Waals surface area contributed by atoms with Crippen LogP contribution in [0.2, 0.25) is 0 Å². The molecule has 0 radical (unpaired) electrons. The Labute approximate surface area is 157 Å². The van der Waals surface area contributed by atoms with Gasteiger partial charge in [-0.05, 0) is 49.4 Å². The Morgan fingerprint density at radius 2 is 2.19 bits per heavy atom. The Balaban J connectivity index is 1.22. The van der Waals surface area contributed by atoms with Gasteiger partial charge >= 0.3 is 0 Å².